The summed E-state index contributed by atoms with van der Waals surface area (Å²) in [6.45, 7) is 5.92. The van der Waals surface area contributed by atoms with Crippen LogP contribution in [-0.4, -0.2) is 31.7 Å². The summed E-state index contributed by atoms with van der Waals surface area (Å²) in [7, 11) is 0. The van der Waals surface area contributed by atoms with Crippen molar-refractivity contribution in [3.63, 3.8) is 0 Å². The topological polar surface area (TPSA) is 109 Å². The van der Waals surface area contributed by atoms with Crippen molar-refractivity contribution in [1.29, 1.82) is 0 Å². The molecule has 146 valence electrons. The van der Waals surface area contributed by atoms with Gasteiger partial charge in [-0.05, 0) is 25.0 Å². The Labute approximate surface area is 166 Å². The van der Waals surface area contributed by atoms with Crippen molar-refractivity contribution in [1.82, 2.24) is 25.6 Å². The normalized spacial score (nSPS) is 10.9. The van der Waals surface area contributed by atoms with Crippen LogP contribution in [0.15, 0.2) is 36.5 Å². The van der Waals surface area contributed by atoms with Gasteiger partial charge in [0.25, 0.3) is 11.8 Å². The summed E-state index contributed by atoms with van der Waals surface area (Å²) in [6.07, 6.45) is 2.12. The zero-order valence-corrected chi connectivity index (χ0v) is 16.6. The van der Waals surface area contributed by atoms with Crippen LogP contribution < -0.4 is 10.9 Å². The molecule has 0 radical (unpaired) electrons. The molecule has 0 spiro atoms. The Balaban J connectivity index is 1.67. The number of para-hydroxylation sites is 1. The third-order valence-corrected chi connectivity index (χ3v) is 5.03. The first-order chi connectivity index (χ1) is 13.3. The standard InChI is InChI=1S/C19H21N5O3S/c1-11(2)9-15-20-12(3)17(28-15)19(27)22-21-18(26)16-14(25)10-24(23-16)13-7-5-4-6-8-13/h4-8,10-11,25H,9H2,1-3H3,(H,21,26)(H,22,27). The maximum Gasteiger partial charge on any atom is 0.294 e. The number of aryl methyl sites for hydroxylation is 1. The fourth-order valence-corrected chi connectivity index (χ4v) is 3.74. The second-order valence-electron chi connectivity index (χ2n) is 6.67. The number of thiazole rings is 1. The predicted octanol–water partition coefficient (Wildman–Crippen LogP) is 2.62. The minimum Gasteiger partial charge on any atom is -0.504 e. The molecule has 0 saturated carbocycles. The molecule has 1 aromatic carbocycles. The van der Waals surface area contributed by atoms with E-state index in [2.05, 4.69) is 34.8 Å². The summed E-state index contributed by atoms with van der Waals surface area (Å²) in [5, 5.41) is 15.0. The lowest BCUT2D eigenvalue weighted by atomic mass is 10.1. The molecule has 28 heavy (non-hydrogen) atoms. The number of carbonyl (C=O) groups excluding carboxylic acids is 2. The first-order valence-corrected chi connectivity index (χ1v) is 9.58. The van der Waals surface area contributed by atoms with Crippen LogP contribution in [0.4, 0.5) is 0 Å². The number of carbonyl (C=O) groups is 2. The molecule has 0 aliphatic heterocycles. The number of nitrogens with one attached hydrogen (secondary N) is 2. The van der Waals surface area contributed by atoms with Gasteiger partial charge in [-0.1, -0.05) is 32.0 Å². The van der Waals surface area contributed by atoms with E-state index in [0.29, 0.717) is 22.2 Å². The van der Waals surface area contributed by atoms with Gasteiger partial charge in [0.05, 0.1) is 22.6 Å². The second kappa shape index (κ2) is 8.22. The number of rotatable bonds is 5. The number of hydrogen-bond donors (Lipinski definition) is 3. The van der Waals surface area contributed by atoms with E-state index in [4.69, 9.17) is 0 Å². The molecule has 0 atom stereocenters. The van der Waals surface area contributed by atoms with E-state index in [1.54, 1.807) is 19.1 Å². The number of benzene rings is 1. The zero-order chi connectivity index (χ0) is 20.3. The summed E-state index contributed by atoms with van der Waals surface area (Å²) >= 11 is 1.30. The third kappa shape index (κ3) is 4.37. The predicted molar refractivity (Wildman–Crippen MR) is 106 cm³/mol. The molecule has 0 aliphatic rings. The molecule has 2 amide bonds. The van der Waals surface area contributed by atoms with E-state index in [1.165, 1.54) is 22.2 Å². The number of aromatic nitrogens is 3. The Kier molecular flexibility index (Phi) is 5.74. The highest BCUT2D eigenvalue weighted by molar-refractivity contribution is 7.13. The largest absolute Gasteiger partial charge is 0.504 e. The van der Waals surface area contributed by atoms with Gasteiger partial charge in [-0.2, -0.15) is 5.10 Å². The summed E-state index contributed by atoms with van der Waals surface area (Å²) in [6, 6.07) is 9.07. The van der Waals surface area contributed by atoms with Crippen molar-refractivity contribution in [2.24, 2.45) is 5.92 Å². The summed E-state index contributed by atoms with van der Waals surface area (Å²) in [4.78, 5) is 29.5. The van der Waals surface area contributed by atoms with Crippen molar-refractivity contribution in [3.05, 3.63) is 57.8 Å². The molecule has 2 heterocycles. The molecule has 8 nitrogen and oxygen atoms in total. The first kappa shape index (κ1) is 19.6. The Morgan fingerprint density at radius 1 is 1.18 bits per heavy atom. The van der Waals surface area contributed by atoms with Gasteiger partial charge in [0.1, 0.15) is 4.88 Å². The van der Waals surface area contributed by atoms with Gasteiger partial charge in [0.15, 0.2) is 11.4 Å². The highest BCUT2D eigenvalue weighted by Crippen LogP contribution is 2.21. The van der Waals surface area contributed by atoms with E-state index >= 15 is 0 Å². The van der Waals surface area contributed by atoms with Gasteiger partial charge in [-0.25, -0.2) is 9.67 Å². The monoisotopic (exact) mass is 399 g/mol. The van der Waals surface area contributed by atoms with Gasteiger partial charge in [-0.3, -0.25) is 20.4 Å². The average Bonchev–Trinajstić information content (AvgIpc) is 3.22. The Morgan fingerprint density at radius 3 is 2.54 bits per heavy atom. The molecule has 3 N–H and O–H groups in total. The Morgan fingerprint density at radius 2 is 1.86 bits per heavy atom. The van der Waals surface area contributed by atoms with E-state index in [1.807, 2.05) is 18.2 Å². The minimum atomic E-state index is -0.717. The van der Waals surface area contributed by atoms with Crippen LogP contribution in [0.2, 0.25) is 0 Å². The Bertz CT molecular complexity index is 994. The zero-order valence-electron chi connectivity index (χ0n) is 15.8. The van der Waals surface area contributed by atoms with E-state index in [-0.39, 0.29) is 11.4 Å². The minimum absolute atomic E-state index is 0.189. The lowest BCUT2D eigenvalue weighted by Gasteiger charge is -2.05. The van der Waals surface area contributed by atoms with Crippen LogP contribution >= 0.6 is 11.3 Å². The SMILES string of the molecule is Cc1nc(CC(C)C)sc1C(=O)NNC(=O)c1nn(-c2ccccc2)cc1O. The molecule has 0 aliphatic carbocycles. The van der Waals surface area contributed by atoms with Crippen LogP contribution in [0, 0.1) is 12.8 Å². The second-order valence-corrected chi connectivity index (χ2v) is 7.76. The Hall–Kier alpha value is -3.20. The van der Waals surface area contributed by atoms with Gasteiger partial charge in [0, 0.05) is 6.42 Å². The number of hydrazine groups is 1. The highest BCUT2D eigenvalue weighted by atomic mass is 32.1. The molecule has 0 unspecified atom stereocenters. The summed E-state index contributed by atoms with van der Waals surface area (Å²) in [5.74, 6) is -1.03. The average molecular weight is 399 g/mol. The van der Waals surface area contributed by atoms with Gasteiger partial charge in [-0.15, -0.1) is 11.3 Å². The third-order valence-electron chi connectivity index (χ3n) is 3.85. The molecule has 2 aromatic heterocycles. The summed E-state index contributed by atoms with van der Waals surface area (Å²) in [5.41, 5.74) is 5.76. The van der Waals surface area contributed by atoms with E-state index in [9.17, 15) is 14.7 Å². The highest BCUT2D eigenvalue weighted by Gasteiger charge is 2.20. The molecular weight excluding hydrogens is 378 g/mol. The van der Waals surface area contributed by atoms with Crippen LogP contribution in [0.3, 0.4) is 0 Å². The van der Waals surface area contributed by atoms with Crippen molar-refractivity contribution < 1.29 is 14.7 Å². The molecule has 3 aromatic rings. The van der Waals surface area contributed by atoms with E-state index < -0.39 is 11.8 Å². The maximum atomic E-state index is 12.4. The molecule has 3 rings (SSSR count). The lowest BCUT2D eigenvalue weighted by Crippen LogP contribution is -2.41. The van der Waals surface area contributed by atoms with Crippen molar-refractivity contribution >= 4 is 23.2 Å². The molecule has 9 heteroatoms. The molecular formula is C19H21N5O3S. The molecule has 0 fully saturated rings. The van der Waals surface area contributed by atoms with Crippen LogP contribution in [0.5, 0.6) is 5.75 Å². The van der Waals surface area contributed by atoms with Crippen molar-refractivity contribution in [2.45, 2.75) is 27.2 Å². The van der Waals surface area contributed by atoms with Gasteiger partial charge >= 0.3 is 0 Å². The number of hydrogen-bond acceptors (Lipinski definition) is 6. The first-order valence-electron chi connectivity index (χ1n) is 8.76. The number of nitrogens with zero attached hydrogens (tertiary/aromatic N) is 3. The van der Waals surface area contributed by atoms with Gasteiger partial charge in [0.2, 0.25) is 0 Å². The number of amides is 2. The fourth-order valence-electron chi connectivity index (χ4n) is 2.57. The van der Waals surface area contributed by atoms with Crippen LogP contribution in [0.25, 0.3) is 5.69 Å². The smallest absolute Gasteiger partial charge is 0.294 e. The van der Waals surface area contributed by atoms with Crippen molar-refractivity contribution in [3.8, 4) is 11.4 Å². The number of aromatic hydroxyl groups is 1. The van der Waals surface area contributed by atoms with Crippen LogP contribution in [0.1, 0.15) is 44.7 Å². The molecule has 0 saturated heterocycles. The maximum absolute atomic E-state index is 12.4. The molecule has 0 bridgehead atoms. The quantitative estimate of drug-likeness (QED) is 0.572. The van der Waals surface area contributed by atoms with Gasteiger partial charge < -0.3 is 5.11 Å². The lowest BCUT2D eigenvalue weighted by molar-refractivity contribution is 0.0843. The summed E-state index contributed by atoms with van der Waals surface area (Å²) < 4.78 is 1.39. The van der Waals surface area contributed by atoms with Crippen molar-refractivity contribution in [2.75, 3.05) is 0 Å². The van der Waals surface area contributed by atoms with Crippen LogP contribution in [-0.2, 0) is 6.42 Å². The van der Waals surface area contributed by atoms with E-state index in [0.717, 1.165) is 11.4 Å². The fraction of sp³-hybridized carbons (Fsp3) is 0.263.